The van der Waals surface area contributed by atoms with Gasteiger partial charge in [0.1, 0.15) is 17.1 Å². The van der Waals surface area contributed by atoms with Crippen LogP contribution >= 0.6 is 24.0 Å². The van der Waals surface area contributed by atoms with Gasteiger partial charge in [0.15, 0.2) is 17.5 Å². The Balaban J connectivity index is 0.00000320. The minimum absolute atomic E-state index is 0. The molecular formula is C22H32IN3O4. The SMILES string of the molecule is CCNC(=NCC(C)(C)c1ccc2c(c1)OCO2)NCC(C)(O)c1ccc(C)o1.I. The highest BCUT2D eigenvalue weighted by atomic mass is 127. The first-order valence-corrected chi connectivity index (χ1v) is 9.93. The molecule has 0 spiro atoms. The van der Waals surface area contributed by atoms with E-state index in [9.17, 15) is 5.11 Å². The molecule has 0 aliphatic carbocycles. The van der Waals surface area contributed by atoms with E-state index in [4.69, 9.17) is 18.9 Å². The molecule has 2 aromatic rings. The number of nitrogens with one attached hydrogen (secondary N) is 2. The van der Waals surface area contributed by atoms with Gasteiger partial charge < -0.3 is 29.6 Å². The summed E-state index contributed by atoms with van der Waals surface area (Å²) in [5.41, 5.74) is -0.222. The summed E-state index contributed by atoms with van der Waals surface area (Å²) >= 11 is 0. The molecular weight excluding hydrogens is 497 g/mol. The third-order valence-electron chi connectivity index (χ3n) is 5.00. The van der Waals surface area contributed by atoms with Crippen molar-refractivity contribution in [2.24, 2.45) is 4.99 Å². The number of nitrogens with zero attached hydrogens (tertiary/aromatic N) is 1. The van der Waals surface area contributed by atoms with Crippen molar-refractivity contribution in [2.45, 2.75) is 45.6 Å². The van der Waals surface area contributed by atoms with Crippen LogP contribution < -0.4 is 20.1 Å². The lowest BCUT2D eigenvalue weighted by Gasteiger charge is -2.25. The molecule has 0 saturated heterocycles. The molecule has 1 unspecified atom stereocenters. The van der Waals surface area contributed by atoms with Gasteiger partial charge in [0.2, 0.25) is 6.79 Å². The van der Waals surface area contributed by atoms with Gasteiger partial charge in [-0.3, -0.25) is 4.99 Å². The van der Waals surface area contributed by atoms with Crippen LogP contribution in [0.4, 0.5) is 0 Å². The summed E-state index contributed by atoms with van der Waals surface area (Å²) < 4.78 is 16.5. The molecule has 7 nitrogen and oxygen atoms in total. The Morgan fingerprint density at radius 2 is 1.83 bits per heavy atom. The molecule has 1 aromatic carbocycles. The van der Waals surface area contributed by atoms with Gasteiger partial charge in [-0.05, 0) is 50.6 Å². The van der Waals surface area contributed by atoms with Crippen molar-refractivity contribution in [3.05, 3.63) is 47.4 Å². The molecule has 0 radical (unpaired) electrons. The van der Waals surface area contributed by atoms with E-state index in [1.165, 1.54) is 0 Å². The normalized spacial score (nSPS) is 15.3. The fourth-order valence-corrected chi connectivity index (χ4v) is 3.09. The van der Waals surface area contributed by atoms with Gasteiger partial charge in [-0.1, -0.05) is 19.9 Å². The number of hydrogen-bond acceptors (Lipinski definition) is 5. The van der Waals surface area contributed by atoms with Crippen molar-refractivity contribution >= 4 is 29.9 Å². The quantitative estimate of drug-likeness (QED) is 0.288. The van der Waals surface area contributed by atoms with Gasteiger partial charge in [-0.2, -0.15) is 0 Å². The van der Waals surface area contributed by atoms with Gasteiger partial charge in [-0.25, -0.2) is 0 Å². The molecule has 0 bridgehead atoms. The van der Waals surface area contributed by atoms with E-state index in [1.807, 2.05) is 38.1 Å². The van der Waals surface area contributed by atoms with Crippen molar-refractivity contribution in [3.63, 3.8) is 0 Å². The van der Waals surface area contributed by atoms with Gasteiger partial charge >= 0.3 is 0 Å². The van der Waals surface area contributed by atoms with Crippen LogP contribution in [0.25, 0.3) is 0 Å². The second-order valence-electron chi connectivity index (χ2n) is 8.18. The molecule has 166 valence electrons. The summed E-state index contributed by atoms with van der Waals surface area (Å²) in [6.45, 7) is 11.7. The smallest absolute Gasteiger partial charge is 0.231 e. The minimum atomic E-state index is -1.14. The third-order valence-corrected chi connectivity index (χ3v) is 5.00. The number of halogens is 1. The van der Waals surface area contributed by atoms with E-state index in [0.29, 0.717) is 18.3 Å². The van der Waals surface area contributed by atoms with Gasteiger partial charge in [0, 0.05) is 12.0 Å². The average molecular weight is 529 g/mol. The zero-order valence-electron chi connectivity index (χ0n) is 18.2. The molecule has 1 aliphatic rings. The Morgan fingerprint density at radius 3 is 2.50 bits per heavy atom. The Bertz CT molecular complexity index is 877. The summed E-state index contributed by atoms with van der Waals surface area (Å²) in [7, 11) is 0. The van der Waals surface area contributed by atoms with Gasteiger partial charge in [0.05, 0.1) is 13.1 Å². The monoisotopic (exact) mass is 529 g/mol. The van der Waals surface area contributed by atoms with Crippen LogP contribution in [-0.4, -0.2) is 37.5 Å². The lowest BCUT2D eigenvalue weighted by atomic mass is 9.84. The number of benzene rings is 1. The molecule has 0 saturated carbocycles. The van der Waals surface area contributed by atoms with Crippen molar-refractivity contribution in [2.75, 3.05) is 26.4 Å². The van der Waals surface area contributed by atoms with Gasteiger partial charge in [-0.15, -0.1) is 24.0 Å². The highest BCUT2D eigenvalue weighted by molar-refractivity contribution is 14.0. The van der Waals surface area contributed by atoms with Crippen LogP contribution in [0.2, 0.25) is 0 Å². The van der Waals surface area contributed by atoms with Crippen LogP contribution in [0.5, 0.6) is 11.5 Å². The summed E-state index contributed by atoms with van der Waals surface area (Å²) in [6.07, 6.45) is 0. The summed E-state index contributed by atoms with van der Waals surface area (Å²) in [4.78, 5) is 4.74. The van der Waals surface area contributed by atoms with E-state index < -0.39 is 5.60 Å². The van der Waals surface area contributed by atoms with E-state index in [2.05, 4.69) is 24.5 Å². The van der Waals surface area contributed by atoms with Crippen molar-refractivity contribution in [1.29, 1.82) is 0 Å². The summed E-state index contributed by atoms with van der Waals surface area (Å²) in [5, 5.41) is 17.2. The number of hydrogen-bond donors (Lipinski definition) is 3. The number of fused-ring (bicyclic) bond motifs is 1. The first kappa shape index (κ1) is 24.3. The molecule has 1 atom stereocenters. The van der Waals surface area contributed by atoms with E-state index in [-0.39, 0.29) is 42.7 Å². The van der Waals surface area contributed by atoms with E-state index in [1.54, 1.807) is 13.0 Å². The Morgan fingerprint density at radius 1 is 1.10 bits per heavy atom. The zero-order chi connectivity index (χ0) is 21.1. The Hall–Kier alpha value is -1.94. The van der Waals surface area contributed by atoms with Crippen molar-refractivity contribution < 1.29 is 19.0 Å². The number of aliphatic hydroxyl groups is 1. The topological polar surface area (TPSA) is 88.3 Å². The van der Waals surface area contributed by atoms with Crippen LogP contribution in [0.3, 0.4) is 0 Å². The summed E-state index contributed by atoms with van der Waals surface area (Å²) in [6, 6.07) is 9.64. The molecule has 0 fully saturated rings. The van der Waals surface area contributed by atoms with Crippen LogP contribution in [-0.2, 0) is 11.0 Å². The highest BCUT2D eigenvalue weighted by Crippen LogP contribution is 2.36. The number of rotatable bonds is 7. The number of guanidine groups is 1. The third kappa shape index (κ3) is 5.81. The second-order valence-corrected chi connectivity index (χ2v) is 8.18. The number of ether oxygens (including phenoxy) is 2. The standard InChI is InChI=1S/C22H31N3O4.HI/c1-6-23-20(25-13-22(5,26)19-10-7-15(2)29-19)24-12-21(3,4)16-8-9-17-18(11-16)28-14-27-17;/h7-11,26H,6,12-14H2,1-5H3,(H2,23,24,25);1H. The molecule has 1 aromatic heterocycles. The number of furan rings is 1. The first-order valence-electron chi connectivity index (χ1n) is 9.93. The fraction of sp³-hybridized carbons (Fsp3) is 0.500. The van der Waals surface area contributed by atoms with E-state index in [0.717, 1.165) is 29.4 Å². The molecule has 30 heavy (non-hydrogen) atoms. The minimum Gasteiger partial charge on any atom is -0.463 e. The first-order chi connectivity index (χ1) is 13.7. The largest absolute Gasteiger partial charge is 0.463 e. The predicted octanol–water partition coefficient (Wildman–Crippen LogP) is 3.68. The lowest BCUT2D eigenvalue weighted by molar-refractivity contribution is 0.0378. The molecule has 3 rings (SSSR count). The second kappa shape index (κ2) is 9.91. The predicted molar refractivity (Wildman–Crippen MR) is 128 cm³/mol. The zero-order valence-corrected chi connectivity index (χ0v) is 20.6. The van der Waals surface area contributed by atoms with E-state index >= 15 is 0 Å². The maximum absolute atomic E-state index is 10.7. The number of aliphatic imine (C=N–C) groups is 1. The molecule has 3 N–H and O–H groups in total. The number of aryl methyl sites for hydroxylation is 1. The highest BCUT2D eigenvalue weighted by Gasteiger charge is 2.28. The molecule has 2 heterocycles. The summed E-state index contributed by atoms with van der Waals surface area (Å²) in [5.74, 6) is 3.49. The van der Waals surface area contributed by atoms with Gasteiger partial charge in [0.25, 0.3) is 0 Å². The van der Waals surface area contributed by atoms with Crippen LogP contribution in [0.15, 0.2) is 39.7 Å². The molecule has 1 aliphatic heterocycles. The average Bonchev–Trinajstić information content (AvgIpc) is 3.32. The maximum atomic E-state index is 10.7. The molecule has 8 heteroatoms. The molecule has 0 amide bonds. The maximum Gasteiger partial charge on any atom is 0.231 e. The van der Waals surface area contributed by atoms with Crippen LogP contribution in [0, 0.1) is 6.92 Å². The Kier molecular flexibility index (Phi) is 8.04. The lowest BCUT2D eigenvalue weighted by Crippen LogP contribution is -2.45. The van der Waals surface area contributed by atoms with Crippen molar-refractivity contribution in [1.82, 2.24) is 10.6 Å². The van der Waals surface area contributed by atoms with Crippen LogP contribution in [0.1, 0.15) is 44.8 Å². The van der Waals surface area contributed by atoms with Crippen molar-refractivity contribution in [3.8, 4) is 11.5 Å². The fourth-order valence-electron chi connectivity index (χ4n) is 3.09. The Labute approximate surface area is 195 Å².